The number of hydrogen-bond donors (Lipinski definition) is 0. The van der Waals surface area contributed by atoms with Gasteiger partial charge in [-0.1, -0.05) is 18.5 Å². The number of aliphatic imine (C=N–C) groups is 1. The number of carbonyl (C=O) groups excluding carboxylic acids is 2. The number of amides is 2. The van der Waals surface area contributed by atoms with Crippen LogP contribution in [0.4, 0.5) is 11.6 Å². The predicted molar refractivity (Wildman–Crippen MR) is 163 cm³/mol. The van der Waals surface area contributed by atoms with E-state index < -0.39 is 5.69 Å². The molecule has 12 nitrogen and oxygen atoms in total. The fourth-order valence-corrected chi connectivity index (χ4v) is 5.50. The third-order valence-corrected chi connectivity index (χ3v) is 7.82. The minimum Gasteiger partial charge on any atom is -0.383 e. The number of nitrogens with zero attached hydrogens (tertiary/aromatic N) is 7. The summed E-state index contributed by atoms with van der Waals surface area (Å²) in [4.78, 5) is 68.7. The van der Waals surface area contributed by atoms with Gasteiger partial charge in [0.05, 0.1) is 30.0 Å². The third kappa shape index (κ3) is 6.45. The molecule has 226 valence electrons. The van der Waals surface area contributed by atoms with E-state index in [9.17, 15) is 19.2 Å². The van der Waals surface area contributed by atoms with Crippen molar-refractivity contribution in [3.8, 4) is 0 Å². The summed E-state index contributed by atoms with van der Waals surface area (Å²) in [6, 6.07) is 6.72. The average molecular weight is 608 g/mol. The van der Waals surface area contributed by atoms with Crippen LogP contribution in [0.2, 0.25) is 5.15 Å². The molecule has 0 spiro atoms. The highest BCUT2D eigenvalue weighted by Crippen LogP contribution is 2.26. The molecule has 43 heavy (non-hydrogen) atoms. The van der Waals surface area contributed by atoms with Crippen LogP contribution in [0.1, 0.15) is 54.1 Å². The standard InChI is InChI=1S/C30H34ClN7O5/c1-3-11-37-27-22(29(41)38(30(37)42)15-16-43-2)17-23(34-27)20-8-10-25(33-18-20)36(14-5-13-35-12-4-6-26(35)39)28(40)21-7-9-24(31)32-19-21/h7-10,18-19H,3-6,11-17H2,1-2H3. The van der Waals surface area contributed by atoms with Crippen LogP contribution in [0.25, 0.3) is 0 Å². The highest BCUT2D eigenvalue weighted by atomic mass is 35.5. The molecule has 5 heterocycles. The van der Waals surface area contributed by atoms with Gasteiger partial charge < -0.3 is 9.64 Å². The van der Waals surface area contributed by atoms with E-state index in [2.05, 4.69) is 9.97 Å². The Labute approximate surface area is 253 Å². The summed E-state index contributed by atoms with van der Waals surface area (Å²) in [5.74, 6) is 0.656. The van der Waals surface area contributed by atoms with Gasteiger partial charge in [-0.3, -0.25) is 28.4 Å². The van der Waals surface area contributed by atoms with Crippen molar-refractivity contribution in [2.24, 2.45) is 4.99 Å². The van der Waals surface area contributed by atoms with Crippen LogP contribution in [0.3, 0.4) is 0 Å². The molecular formula is C30H34ClN7O5. The summed E-state index contributed by atoms with van der Waals surface area (Å²) >= 11 is 5.93. The zero-order valence-corrected chi connectivity index (χ0v) is 25.0. The van der Waals surface area contributed by atoms with Gasteiger partial charge >= 0.3 is 5.69 Å². The first-order chi connectivity index (χ1) is 20.8. The minimum absolute atomic E-state index is 0.135. The van der Waals surface area contributed by atoms with E-state index in [4.69, 9.17) is 21.3 Å². The molecule has 0 aromatic carbocycles. The van der Waals surface area contributed by atoms with Gasteiger partial charge in [0, 0.05) is 64.1 Å². The number of hydrogen-bond acceptors (Lipinski definition) is 8. The summed E-state index contributed by atoms with van der Waals surface area (Å²) in [5.41, 5.74) is 1.36. The van der Waals surface area contributed by atoms with Crippen molar-refractivity contribution in [3.63, 3.8) is 0 Å². The number of pyridine rings is 2. The maximum Gasteiger partial charge on any atom is 0.332 e. The van der Waals surface area contributed by atoms with Crippen molar-refractivity contribution in [1.82, 2.24) is 24.0 Å². The lowest BCUT2D eigenvalue weighted by Crippen LogP contribution is -2.42. The van der Waals surface area contributed by atoms with Crippen molar-refractivity contribution in [2.75, 3.05) is 38.3 Å². The van der Waals surface area contributed by atoms with Gasteiger partial charge in [-0.05, 0) is 43.5 Å². The largest absolute Gasteiger partial charge is 0.383 e. The van der Waals surface area contributed by atoms with Crippen LogP contribution in [0.15, 0.2) is 51.2 Å². The molecule has 2 aliphatic heterocycles. The summed E-state index contributed by atoms with van der Waals surface area (Å²) in [7, 11) is 1.52. The summed E-state index contributed by atoms with van der Waals surface area (Å²) in [6.45, 7) is 4.42. The van der Waals surface area contributed by atoms with E-state index in [1.807, 2.05) is 17.9 Å². The Morgan fingerprint density at radius 2 is 1.88 bits per heavy atom. The molecule has 1 saturated heterocycles. The molecule has 0 atom stereocenters. The summed E-state index contributed by atoms with van der Waals surface area (Å²) < 4.78 is 7.86. The second-order valence-electron chi connectivity index (χ2n) is 10.5. The number of rotatable bonds is 12. The predicted octanol–water partition coefficient (Wildman–Crippen LogP) is 2.85. The molecule has 13 heteroatoms. The van der Waals surface area contributed by atoms with Gasteiger partial charge in [-0.25, -0.2) is 19.8 Å². The molecule has 0 aliphatic carbocycles. The first-order valence-electron chi connectivity index (χ1n) is 14.4. The molecule has 3 aromatic rings. The molecule has 0 saturated carbocycles. The Bertz CT molecular complexity index is 1650. The fraction of sp³-hybridized carbons (Fsp3) is 0.433. The van der Waals surface area contributed by atoms with Gasteiger partial charge in [0.25, 0.3) is 11.5 Å². The van der Waals surface area contributed by atoms with Gasteiger partial charge in [0.2, 0.25) is 5.91 Å². The number of halogens is 1. The average Bonchev–Trinajstić information content (AvgIpc) is 3.64. The highest BCUT2D eigenvalue weighted by molar-refractivity contribution is 6.29. The van der Waals surface area contributed by atoms with Gasteiger partial charge in [-0.15, -0.1) is 0 Å². The number of anilines is 1. The fourth-order valence-electron chi connectivity index (χ4n) is 5.39. The summed E-state index contributed by atoms with van der Waals surface area (Å²) in [5, 5.41) is 0.284. The van der Waals surface area contributed by atoms with Gasteiger partial charge in [-0.2, -0.15) is 0 Å². The van der Waals surface area contributed by atoms with Crippen LogP contribution < -0.4 is 16.1 Å². The molecule has 0 bridgehead atoms. The number of aromatic nitrogens is 4. The number of methoxy groups -OCH3 is 1. The lowest BCUT2D eigenvalue weighted by atomic mass is 10.1. The number of ether oxygens (including phenoxy) is 1. The van der Waals surface area contributed by atoms with Crippen LogP contribution in [-0.2, 0) is 29.0 Å². The zero-order chi connectivity index (χ0) is 30.5. The molecule has 3 aromatic heterocycles. The lowest BCUT2D eigenvalue weighted by Gasteiger charge is -2.23. The maximum atomic E-state index is 13.5. The number of carbonyl (C=O) groups is 2. The van der Waals surface area contributed by atoms with Gasteiger partial charge in [0.1, 0.15) is 16.8 Å². The molecule has 1 fully saturated rings. The SMILES string of the molecule is CCCn1c2c(c(=O)n(CCOC)c1=O)CC(c1ccc(N(CCCN3CCCC3=O)C(=O)c3ccc(Cl)nc3)nc1)=N2. The van der Waals surface area contributed by atoms with Crippen molar-refractivity contribution in [1.29, 1.82) is 0 Å². The van der Waals surface area contributed by atoms with E-state index in [-0.39, 0.29) is 42.1 Å². The topological polar surface area (TPSA) is 132 Å². The van der Waals surface area contributed by atoms with Crippen LogP contribution >= 0.6 is 11.6 Å². The molecule has 2 amide bonds. The normalized spacial score (nSPS) is 14.3. The zero-order valence-electron chi connectivity index (χ0n) is 24.3. The number of fused-ring (bicyclic) bond motifs is 1. The molecule has 0 N–H and O–H groups in total. The Morgan fingerprint density at radius 1 is 1.05 bits per heavy atom. The quantitative estimate of drug-likeness (QED) is 0.289. The minimum atomic E-state index is -0.400. The smallest absolute Gasteiger partial charge is 0.332 e. The van der Waals surface area contributed by atoms with Crippen LogP contribution in [0.5, 0.6) is 0 Å². The number of likely N-dealkylation sites (tertiary alicyclic amines) is 1. The second kappa shape index (κ2) is 13.4. The van der Waals surface area contributed by atoms with Crippen LogP contribution in [0, 0.1) is 0 Å². The van der Waals surface area contributed by atoms with E-state index in [1.165, 1.54) is 17.9 Å². The second-order valence-corrected chi connectivity index (χ2v) is 10.9. The Morgan fingerprint density at radius 3 is 2.53 bits per heavy atom. The van der Waals surface area contributed by atoms with E-state index in [0.717, 1.165) is 13.0 Å². The Balaban J connectivity index is 1.41. The van der Waals surface area contributed by atoms with E-state index >= 15 is 0 Å². The Kier molecular flexibility index (Phi) is 9.46. The molecule has 0 radical (unpaired) electrons. The van der Waals surface area contributed by atoms with Crippen molar-refractivity contribution in [2.45, 2.75) is 52.1 Å². The van der Waals surface area contributed by atoms with Crippen LogP contribution in [-0.4, -0.2) is 74.9 Å². The van der Waals surface area contributed by atoms with Crippen molar-refractivity contribution >= 4 is 40.8 Å². The third-order valence-electron chi connectivity index (χ3n) is 7.60. The van der Waals surface area contributed by atoms with Crippen molar-refractivity contribution in [3.05, 3.63) is 79.3 Å². The maximum absolute atomic E-state index is 13.5. The molecule has 2 aliphatic rings. The highest BCUT2D eigenvalue weighted by Gasteiger charge is 2.27. The van der Waals surface area contributed by atoms with E-state index in [1.54, 1.807) is 33.9 Å². The first kappa shape index (κ1) is 30.3. The Hall–Kier alpha value is -4.16. The first-order valence-corrected chi connectivity index (χ1v) is 14.8. The molecular weight excluding hydrogens is 574 g/mol. The monoisotopic (exact) mass is 607 g/mol. The molecule has 5 rings (SSSR count). The summed E-state index contributed by atoms with van der Waals surface area (Å²) in [6.07, 6.45) is 6.00. The lowest BCUT2D eigenvalue weighted by molar-refractivity contribution is -0.127. The van der Waals surface area contributed by atoms with Crippen molar-refractivity contribution < 1.29 is 14.3 Å². The van der Waals surface area contributed by atoms with E-state index in [0.29, 0.717) is 72.9 Å². The molecule has 0 unspecified atom stereocenters. The van der Waals surface area contributed by atoms with Gasteiger partial charge in [0.15, 0.2) is 0 Å².